The smallest absolute Gasteiger partial charge is 0.238 e. The summed E-state index contributed by atoms with van der Waals surface area (Å²) in [5.41, 5.74) is 1.78. The standard InChI is InChI=1S/C18H15BrClNO2S/c1-2-9-23-16-8-3-12(19)10-15(16)18-21(17(22)11-24-18)14-6-4-13(20)5-7-14/h2-8,10,18H,1,9,11H2/t18-/m1/s1. The molecule has 0 aliphatic carbocycles. The molecule has 0 aromatic heterocycles. The van der Waals surface area contributed by atoms with E-state index in [0.717, 1.165) is 21.5 Å². The number of ether oxygens (including phenoxy) is 1. The third-order valence-corrected chi connectivity index (χ3v) is 5.51. The Morgan fingerprint density at radius 2 is 2.08 bits per heavy atom. The number of benzene rings is 2. The van der Waals surface area contributed by atoms with Crippen LogP contribution in [-0.2, 0) is 4.79 Å². The maximum absolute atomic E-state index is 12.5. The molecule has 2 aromatic carbocycles. The molecule has 24 heavy (non-hydrogen) atoms. The summed E-state index contributed by atoms with van der Waals surface area (Å²) in [4.78, 5) is 14.3. The summed E-state index contributed by atoms with van der Waals surface area (Å²) in [6.45, 7) is 4.10. The topological polar surface area (TPSA) is 29.5 Å². The second kappa shape index (κ2) is 7.64. The number of nitrogens with zero attached hydrogens (tertiary/aromatic N) is 1. The molecule has 0 spiro atoms. The fraction of sp³-hybridized carbons (Fsp3) is 0.167. The van der Waals surface area contributed by atoms with Gasteiger partial charge in [-0.05, 0) is 42.5 Å². The van der Waals surface area contributed by atoms with Gasteiger partial charge in [0.05, 0.1) is 5.75 Å². The van der Waals surface area contributed by atoms with Gasteiger partial charge in [0, 0.05) is 20.7 Å². The van der Waals surface area contributed by atoms with E-state index >= 15 is 0 Å². The average Bonchev–Trinajstić information content (AvgIpc) is 2.96. The van der Waals surface area contributed by atoms with Crippen molar-refractivity contribution in [2.24, 2.45) is 0 Å². The highest BCUT2D eigenvalue weighted by Gasteiger charge is 2.35. The van der Waals surface area contributed by atoms with Crippen molar-refractivity contribution in [2.45, 2.75) is 5.37 Å². The summed E-state index contributed by atoms with van der Waals surface area (Å²) in [6, 6.07) is 13.1. The van der Waals surface area contributed by atoms with E-state index in [-0.39, 0.29) is 11.3 Å². The van der Waals surface area contributed by atoms with Crippen LogP contribution < -0.4 is 9.64 Å². The molecular weight excluding hydrogens is 410 g/mol. The van der Waals surface area contributed by atoms with Crippen LogP contribution in [0.25, 0.3) is 0 Å². The number of carbonyl (C=O) groups excluding carboxylic acids is 1. The number of amides is 1. The molecule has 0 bridgehead atoms. The zero-order valence-corrected chi connectivity index (χ0v) is 15.9. The van der Waals surface area contributed by atoms with Gasteiger partial charge in [0.2, 0.25) is 5.91 Å². The Kier molecular flexibility index (Phi) is 5.54. The van der Waals surface area contributed by atoms with Crippen LogP contribution in [0.4, 0.5) is 5.69 Å². The maximum atomic E-state index is 12.5. The number of hydrogen-bond acceptors (Lipinski definition) is 3. The summed E-state index contributed by atoms with van der Waals surface area (Å²) in [7, 11) is 0. The summed E-state index contributed by atoms with van der Waals surface area (Å²) in [5.74, 6) is 1.26. The van der Waals surface area contributed by atoms with Crippen molar-refractivity contribution in [3.05, 3.63) is 70.2 Å². The third-order valence-electron chi connectivity index (χ3n) is 3.57. The average molecular weight is 425 g/mol. The highest BCUT2D eigenvalue weighted by atomic mass is 79.9. The van der Waals surface area contributed by atoms with Crippen LogP contribution >= 0.6 is 39.3 Å². The van der Waals surface area contributed by atoms with Gasteiger partial charge in [-0.2, -0.15) is 0 Å². The molecule has 0 saturated carbocycles. The minimum absolute atomic E-state index is 0.0713. The van der Waals surface area contributed by atoms with E-state index in [2.05, 4.69) is 22.5 Å². The molecule has 124 valence electrons. The second-order valence-corrected chi connectivity index (χ2v) is 7.61. The summed E-state index contributed by atoms with van der Waals surface area (Å²) < 4.78 is 6.72. The van der Waals surface area contributed by atoms with Gasteiger partial charge in [-0.1, -0.05) is 40.2 Å². The molecule has 6 heteroatoms. The largest absolute Gasteiger partial charge is 0.489 e. The van der Waals surface area contributed by atoms with Crippen molar-refractivity contribution in [2.75, 3.05) is 17.3 Å². The molecule has 0 unspecified atom stereocenters. The normalized spacial score (nSPS) is 17.2. The lowest BCUT2D eigenvalue weighted by atomic mass is 10.1. The van der Waals surface area contributed by atoms with Gasteiger partial charge in [-0.3, -0.25) is 9.69 Å². The number of carbonyl (C=O) groups is 1. The van der Waals surface area contributed by atoms with Crippen LogP contribution in [0.5, 0.6) is 5.75 Å². The van der Waals surface area contributed by atoms with E-state index in [9.17, 15) is 4.79 Å². The van der Waals surface area contributed by atoms with Gasteiger partial charge in [0.25, 0.3) is 0 Å². The quantitative estimate of drug-likeness (QED) is 0.598. The number of thioether (sulfide) groups is 1. The van der Waals surface area contributed by atoms with E-state index < -0.39 is 0 Å². The van der Waals surface area contributed by atoms with Gasteiger partial charge in [0.15, 0.2) is 0 Å². The van der Waals surface area contributed by atoms with Gasteiger partial charge in [-0.15, -0.1) is 11.8 Å². The summed E-state index contributed by atoms with van der Waals surface area (Å²) in [6.07, 6.45) is 1.70. The van der Waals surface area contributed by atoms with Crippen molar-refractivity contribution in [1.82, 2.24) is 0 Å². The Bertz CT molecular complexity index is 766. The Morgan fingerprint density at radius 1 is 1.33 bits per heavy atom. The monoisotopic (exact) mass is 423 g/mol. The van der Waals surface area contributed by atoms with Gasteiger partial charge >= 0.3 is 0 Å². The zero-order chi connectivity index (χ0) is 17.1. The molecule has 1 fully saturated rings. The molecule has 3 nitrogen and oxygen atoms in total. The number of halogens is 2. The molecule has 0 radical (unpaired) electrons. The van der Waals surface area contributed by atoms with Crippen LogP contribution in [0.15, 0.2) is 59.6 Å². The Labute approximate surface area is 158 Å². The third kappa shape index (κ3) is 3.63. The van der Waals surface area contributed by atoms with Crippen molar-refractivity contribution >= 4 is 50.9 Å². The Morgan fingerprint density at radius 3 is 2.79 bits per heavy atom. The van der Waals surface area contributed by atoms with E-state index in [1.54, 1.807) is 34.9 Å². The van der Waals surface area contributed by atoms with Gasteiger partial charge in [0.1, 0.15) is 17.7 Å². The first kappa shape index (κ1) is 17.4. The second-order valence-electron chi connectivity index (χ2n) is 5.19. The van der Waals surface area contributed by atoms with E-state index in [1.807, 2.05) is 30.3 Å². The van der Waals surface area contributed by atoms with E-state index in [1.165, 1.54) is 0 Å². The molecule has 3 rings (SSSR count). The van der Waals surface area contributed by atoms with Gasteiger partial charge in [-0.25, -0.2) is 0 Å². The van der Waals surface area contributed by atoms with E-state index in [4.69, 9.17) is 16.3 Å². The minimum Gasteiger partial charge on any atom is -0.489 e. The summed E-state index contributed by atoms with van der Waals surface area (Å²) >= 11 is 11.1. The highest BCUT2D eigenvalue weighted by molar-refractivity contribution is 9.10. The number of rotatable bonds is 5. The zero-order valence-electron chi connectivity index (χ0n) is 12.7. The molecular formula is C18H15BrClNO2S. The van der Waals surface area contributed by atoms with Crippen LogP contribution in [0.1, 0.15) is 10.9 Å². The van der Waals surface area contributed by atoms with Crippen molar-refractivity contribution in [3.8, 4) is 5.75 Å². The van der Waals surface area contributed by atoms with Crippen LogP contribution in [0.3, 0.4) is 0 Å². The first-order valence-corrected chi connectivity index (χ1v) is 9.54. The Balaban J connectivity index is 2.00. The number of hydrogen-bond donors (Lipinski definition) is 0. The highest BCUT2D eigenvalue weighted by Crippen LogP contribution is 2.45. The molecule has 1 aliphatic heterocycles. The molecule has 2 aromatic rings. The Hall–Kier alpha value is -1.43. The maximum Gasteiger partial charge on any atom is 0.238 e. The van der Waals surface area contributed by atoms with E-state index in [0.29, 0.717) is 17.4 Å². The first-order chi connectivity index (χ1) is 11.6. The van der Waals surface area contributed by atoms with Crippen molar-refractivity contribution < 1.29 is 9.53 Å². The van der Waals surface area contributed by atoms with Crippen LogP contribution in [0, 0.1) is 0 Å². The summed E-state index contributed by atoms with van der Waals surface area (Å²) in [5, 5.41) is 0.503. The number of anilines is 1. The van der Waals surface area contributed by atoms with Crippen LogP contribution in [0.2, 0.25) is 5.02 Å². The first-order valence-electron chi connectivity index (χ1n) is 7.32. The lowest BCUT2D eigenvalue weighted by molar-refractivity contribution is -0.115. The lowest BCUT2D eigenvalue weighted by Crippen LogP contribution is -2.28. The minimum atomic E-state index is -0.143. The molecule has 1 aliphatic rings. The molecule has 1 atom stereocenters. The predicted octanol–water partition coefficient (Wildman–Crippen LogP) is 5.45. The molecule has 1 heterocycles. The molecule has 0 N–H and O–H groups in total. The lowest BCUT2D eigenvalue weighted by Gasteiger charge is -2.26. The molecule has 1 amide bonds. The fourth-order valence-electron chi connectivity index (χ4n) is 2.53. The predicted molar refractivity (Wildman–Crippen MR) is 104 cm³/mol. The SMILES string of the molecule is C=CCOc1ccc(Br)cc1[C@H]1SCC(=O)N1c1ccc(Cl)cc1. The van der Waals surface area contributed by atoms with Crippen molar-refractivity contribution in [3.63, 3.8) is 0 Å². The van der Waals surface area contributed by atoms with Gasteiger partial charge < -0.3 is 4.74 Å². The van der Waals surface area contributed by atoms with Crippen molar-refractivity contribution in [1.29, 1.82) is 0 Å². The molecule has 1 saturated heterocycles. The fourth-order valence-corrected chi connectivity index (χ4v) is 4.22. The van der Waals surface area contributed by atoms with Crippen LogP contribution in [-0.4, -0.2) is 18.3 Å².